The highest BCUT2D eigenvalue weighted by molar-refractivity contribution is 6.27. The molecule has 0 N–H and O–H groups in total. The molecule has 0 bridgehead atoms. The van der Waals surface area contributed by atoms with Crippen LogP contribution in [0.3, 0.4) is 0 Å². The number of fused-ring (bicyclic) bond motifs is 11. The summed E-state index contributed by atoms with van der Waals surface area (Å²) in [6, 6.07) is 85.7. The molecule has 0 atom stereocenters. The van der Waals surface area contributed by atoms with Gasteiger partial charge in [-0.1, -0.05) is 233 Å². The van der Waals surface area contributed by atoms with Gasteiger partial charge in [-0.3, -0.25) is 0 Å². The molecule has 18 rings (SSSR count). The van der Waals surface area contributed by atoms with Gasteiger partial charge in [-0.2, -0.15) is 0 Å². The molecule has 14 aromatic rings. The molecule has 368 valence electrons. The summed E-state index contributed by atoms with van der Waals surface area (Å²) in [6.45, 7) is 0. The van der Waals surface area contributed by atoms with E-state index in [0.29, 0.717) is 0 Å². The van der Waals surface area contributed by atoms with Crippen LogP contribution in [0.5, 0.6) is 0 Å². The van der Waals surface area contributed by atoms with Crippen molar-refractivity contribution in [3.05, 3.63) is 241 Å². The standard InChI is InChI=1S/C78H56/c1-3-39-77(40-4-1)69-43-53(27-33-63(69)65-35-29-55(45-71(65)77)59-31-23-51-21-19-47-11-7-13-49-25-37-67(59)75(51)73(47)49)57-15-9-18-62-58(16-10-17-61(57)62)54-28-34-64-66-36-30-56(46-72(66)78(70(64)44-54)41-5-2-6-42-78)60-32-24-52-22-20-48-12-8-14-50-26-38-68(60)76(52)74(48)50/h7-38,43-46H,1-6,39-42H2. The smallest absolute Gasteiger partial charge is 0.0215 e. The summed E-state index contributed by atoms with van der Waals surface area (Å²) < 4.78 is 0. The fourth-order valence-electron chi connectivity index (χ4n) is 16.8. The van der Waals surface area contributed by atoms with Crippen LogP contribution in [-0.2, 0) is 10.8 Å². The molecule has 4 aliphatic rings. The molecule has 2 fully saturated rings. The van der Waals surface area contributed by atoms with Gasteiger partial charge in [-0.05, 0) is 214 Å². The minimum atomic E-state index is 0.00818. The Morgan fingerprint density at radius 1 is 0.205 bits per heavy atom. The lowest BCUT2D eigenvalue weighted by Gasteiger charge is -2.36. The zero-order valence-corrected chi connectivity index (χ0v) is 43.9. The first-order valence-electron chi connectivity index (χ1n) is 29.1. The van der Waals surface area contributed by atoms with E-state index < -0.39 is 0 Å². The highest BCUT2D eigenvalue weighted by Crippen LogP contribution is 2.60. The molecule has 0 saturated heterocycles. The second kappa shape index (κ2) is 16.0. The van der Waals surface area contributed by atoms with Crippen LogP contribution in [0.25, 0.3) is 142 Å². The van der Waals surface area contributed by atoms with Crippen LogP contribution in [-0.4, -0.2) is 0 Å². The largest absolute Gasteiger partial charge is 0.0610 e. The molecule has 0 aromatic heterocycles. The van der Waals surface area contributed by atoms with Gasteiger partial charge >= 0.3 is 0 Å². The quantitative estimate of drug-likeness (QED) is 0.154. The van der Waals surface area contributed by atoms with Crippen LogP contribution < -0.4 is 0 Å². The third-order valence-corrected chi connectivity index (χ3v) is 20.4. The molecule has 0 heterocycles. The van der Waals surface area contributed by atoms with E-state index in [4.69, 9.17) is 0 Å². The van der Waals surface area contributed by atoms with Crippen molar-refractivity contribution in [2.75, 3.05) is 0 Å². The highest BCUT2D eigenvalue weighted by Gasteiger charge is 2.46. The number of benzene rings is 14. The second-order valence-electron chi connectivity index (χ2n) is 24.0. The summed E-state index contributed by atoms with van der Waals surface area (Å²) in [5.74, 6) is 0. The Bertz CT molecular complexity index is 4520. The molecule has 78 heavy (non-hydrogen) atoms. The van der Waals surface area contributed by atoms with Gasteiger partial charge in [0, 0.05) is 10.8 Å². The Kier molecular flexibility index (Phi) is 8.93. The molecule has 0 nitrogen and oxygen atoms in total. The van der Waals surface area contributed by atoms with E-state index in [1.165, 1.54) is 229 Å². The van der Waals surface area contributed by atoms with E-state index in [0.717, 1.165) is 0 Å². The Labute approximate surface area is 455 Å². The van der Waals surface area contributed by atoms with E-state index in [9.17, 15) is 0 Å². The zero-order chi connectivity index (χ0) is 50.8. The van der Waals surface area contributed by atoms with Crippen LogP contribution >= 0.6 is 0 Å². The van der Waals surface area contributed by atoms with Gasteiger partial charge in [0.1, 0.15) is 0 Å². The van der Waals surface area contributed by atoms with Crippen molar-refractivity contribution in [3.8, 4) is 66.8 Å². The Balaban J connectivity index is 0.729. The third-order valence-electron chi connectivity index (χ3n) is 20.4. The summed E-state index contributed by atoms with van der Waals surface area (Å²) in [5.41, 5.74) is 22.5. The molecule has 0 aliphatic heterocycles. The minimum absolute atomic E-state index is 0.00818. The number of rotatable bonds is 4. The van der Waals surface area contributed by atoms with E-state index >= 15 is 0 Å². The van der Waals surface area contributed by atoms with Gasteiger partial charge < -0.3 is 0 Å². The molecule has 14 aromatic carbocycles. The Morgan fingerprint density at radius 3 is 0.846 bits per heavy atom. The first-order valence-corrected chi connectivity index (χ1v) is 29.1. The van der Waals surface area contributed by atoms with E-state index in [1.807, 2.05) is 0 Å². The second-order valence-corrected chi connectivity index (χ2v) is 24.0. The summed E-state index contributed by atoms with van der Waals surface area (Å²) in [6.07, 6.45) is 12.5. The SMILES string of the molecule is c1cc2ccc3ccc(-c4ccc5c(c4)C4(CCCCC4)c4cc(-c6cccc7c(-c8ccc9c(c8)C8(CCCCC8)c8cc(-c%10ccc%11ccc%12cccc%13ccc%10c%11c%12%13)ccc8-9)cccc67)ccc4-5)c4ccc(c1)c2c34. The van der Waals surface area contributed by atoms with Crippen molar-refractivity contribution in [3.63, 3.8) is 0 Å². The van der Waals surface area contributed by atoms with E-state index in [1.54, 1.807) is 0 Å². The topological polar surface area (TPSA) is 0 Å². The summed E-state index contributed by atoms with van der Waals surface area (Å²) in [7, 11) is 0. The number of hydrogen-bond donors (Lipinski definition) is 0. The third kappa shape index (κ3) is 5.85. The van der Waals surface area contributed by atoms with Crippen molar-refractivity contribution in [1.82, 2.24) is 0 Å². The lowest BCUT2D eigenvalue weighted by atomic mass is 9.67. The molecular formula is C78H56. The fraction of sp³-hybridized carbons (Fsp3) is 0.154. The maximum atomic E-state index is 2.62. The highest BCUT2D eigenvalue weighted by atomic mass is 14.5. The van der Waals surface area contributed by atoms with Crippen molar-refractivity contribution >= 4 is 75.4 Å². The summed E-state index contributed by atoms with van der Waals surface area (Å²) >= 11 is 0. The van der Waals surface area contributed by atoms with Crippen molar-refractivity contribution in [2.45, 2.75) is 75.0 Å². The van der Waals surface area contributed by atoms with Gasteiger partial charge in [0.2, 0.25) is 0 Å². The minimum Gasteiger partial charge on any atom is -0.0610 e. The zero-order valence-electron chi connectivity index (χ0n) is 43.9. The summed E-state index contributed by atoms with van der Waals surface area (Å²) in [5, 5.41) is 18.8. The average molecular weight is 993 g/mol. The molecule has 0 radical (unpaired) electrons. The molecule has 0 heteroatoms. The Hall–Kier alpha value is -8.58. The van der Waals surface area contributed by atoms with Crippen LogP contribution in [0.15, 0.2) is 218 Å². The van der Waals surface area contributed by atoms with Gasteiger partial charge in [0.25, 0.3) is 0 Å². The molecule has 0 unspecified atom stereocenters. The van der Waals surface area contributed by atoms with Gasteiger partial charge in [-0.25, -0.2) is 0 Å². The van der Waals surface area contributed by atoms with E-state index in [-0.39, 0.29) is 10.8 Å². The van der Waals surface area contributed by atoms with Crippen LogP contribution in [0.4, 0.5) is 0 Å². The molecule has 0 amide bonds. The predicted octanol–water partition coefficient (Wildman–Crippen LogP) is 21.8. The lowest BCUT2D eigenvalue weighted by molar-refractivity contribution is 0.353. The first-order chi connectivity index (χ1) is 38.6. The summed E-state index contributed by atoms with van der Waals surface area (Å²) in [4.78, 5) is 0. The average Bonchev–Trinajstić information content (AvgIpc) is 4.00. The van der Waals surface area contributed by atoms with Gasteiger partial charge in [0.15, 0.2) is 0 Å². The monoisotopic (exact) mass is 992 g/mol. The van der Waals surface area contributed by atoms with Gasteiger partial charge in [0.05, 0.1) is 0 Å². The maximum absolute atomic E-state index is 2.62. The molecule has 2 spiro atoms. The lowest BCUT2D eigenvalue weighted by Crippen LogP contribution is -2.28. The van der Waals surface area contributed by atoms with Crippen LogP contribution in [0.2, 0.25) is 0 Å². The van der Waals surface area contributed by atoms with Crippen molar-refractivity contribution in [1.29, 1.82) is 0 Å². The predicted molar refractivity (Wildman–Crippen MR) is 332 cm³/mol. The molecular weight excluding hydrogens is 937 g/mol. The molecule has 4 aliphatic carbocycles. The Morgan fingerprint density at radius 2 is 0.487 bits per heavy atom. The number of hydrogen-bond acceptors (Lipinski definition) is 0. The maximum Gasteiger partial charge on any atom is 0.0215 e. The molecule has 2 saturated carbocycles. The van der Waals surface area contributed by atoms with Crippen molar-refractivity contribution in [2.24, 2.45) is 0 Å². The van der Waals surface area contributed by atoms with Crippen LogP contribution in [0, 0.1) is 0 Å². The van der Waals surface area contributed by atoms with Gasteiger partial charge in [-0.15, -0.1) is 0 Å². The van der Waals surface area contributed by atoms with E-state index in [2.05, 4.69) is 218 Å². The van der Waals surface area contributed by atoms with Crippen LogP contribution in [0.1, 0.15) is 86.5 Å². The normalized spacial score (nSPS) is 16.2. The fourth-order valence-corrected chi connectivity index (χ4v) is 16.8. The first kappa shape index (κ1) is 43.5. The van der Waals surface area contributed by atoms with Crippen molar-refractivity contribution < 1.29 is 0 Å².